The molecule has 0 spiro atoms. The highest BCUT2D eigenvalue weighted by atomic mass is 16.5. The van der Waals surface area contributed by atoms with Gasteiger partial charge in [-0.25, -0.2) is 0 Å². The smallest absolute Gasteiger partial charge is 0.240 e. The first-order valence-electron chi connectivity index (χ1n) is 7.09. The van der Waals surface area contributed by atoms with Gasteiger partial charge in [-0.3, -0.25) is 4.90 Å². The van der Waals surface area contributed by atoms with Crippen LogP contribution in [0.1, 0.15) is 44.8 Å². The van der Waals surface area contributed by atoms with Crippen molar-refractivity contribution in [2.45, 2.75) is 52.1 Å². The van der Waals surface area contributed by atoms with Gasteiger partial charge in [-0.05, 0) is 25.9 Å². The Kier molecular flexibility index (Phi) is 5.13. The van der Waals surface area contributed by atoms with Crippen LogP contribution in [0, 0.1) is 0 Å². The van der Waals surface area contributed by atoms with Crippen molar-refractivity contribution in [1.29, 1.82) is 0 Å². The van der Waals surface area contributed by atoms with Crippen molar-refractivity contribution in [3.05, 3.63) is 11.7 Å². The zero-order chi connectivity index (χ0) is 12.8. The van der Waals surface area contributed by atoms with E-state index in [1.54, 1.807) is 0 Å². The molecule has 1 saturated heterocycles. The molecule has 0 bridgehead atoms. The highest BCUT2D eigenvalue weighted by Crippen LogP contribution is 2.12. The fraction of sp³-hybridized carbons (Fsp3) is 0.846. The molecule has 0 aromatic carbocycles. The summed E-state index contributed by atoms with van der Waals surface area (Å²) in [7, 11) is 0. The van der Waals surface area contributed by atoms with Crippen LogP contribution in [0.25, 0.3) is 0 Å². The van der Waals surface area contributed by atoms with Crippen molar-refractivity contribution < 1.29 is 4.52 Å². The summed E-state index contributed by atoms with van der Waals surface area (Å²) >= 11 is 0. The fourth-order valence-electron chi connectivity index (χ4n) is 2.41. The lowest BCUT2D eigenvalue weighted by atomic mass is 10.2. The highest BCUT2D eigenvalue weighted by molar-refractivity contribution is 4.89. The van der Waals surface area contributed by atoms with Gasteiger partial charge in [0.1, 0.15) is 0 Å². The van der Waals surface area contributed by atoms with Crippen LogP contribution in [-0.2, 0) is 13.0 Å². The minimum atomic E-state index is 0.612. The van der Waals surface area contributed by atoms with Crippen molar-refractivity contribution in [2.24, 2.45) is 0 Å². The van der Waals surface area contributed by atoms with Gasteiger partial charge in [0.15, 0.2) is 5.82 Å². The van der Waals surface area contributed by atoms with E-state index in [4.69, 9.17) is 4.52 Å². The molecule has 102 valence electrons. The minimum Gasteiger partial charge on any atom is -0.338 e. The van der Waals surface area contributed by atoms with E-state index in [-0.39, 0.29) is 0 Å². The lowest BCUT2D eigenvalue weighted by molar-refractivity contribution is 0.183. The number of aryl methyl sites for hydroxylation is 1. The number of rotatable bonds is 7. The Hall–Kier alpha value is -0.940. The van der Waals surface area contributed by atoms with Gasteiger partial charge in [0.25, 0.3) is 0 Å². The maximum Gasteiger partial charge on any atom is 0.240 e. The molecule has 5 heteroatoms. The van der Waals surface area contributed by atoms with Gasteiger partial charge in [-0.15, -0.1) is 0 Å². The predicted octanol–water partition coefficient (Wildman–Crippen LogP) is 1.60. The molecule has 1 fully saturated rings. The Morgan fingerprint density at radius 2 is 2.33 bits per heavy atom. The Labute approximate surface area is 109 Å². The molecule has 1 atom stereocenters. The standard InChI is InChI=1S/C13H24N4O/c1-3-5-6-12-15-13(18-16-12)10-17(4-2)11-7-8-14-9-11/h11,14H,3-10H2,1-2H3. The Bertz CT molecular complexity index is 347. The highest BCUT2D eigenvalue weighted by Gasteiger charge is 2.22. The number of hydrogen-bond donors (Lipinski definition) is 1. The molecule has 1 N–H and O–H groups in total. The average molecular weight is 252 g/mol. The van der Waals surface area contributed by atoms with E-state index in [0.717, 1.165) is 50.7 Å². The number of nitrogens with one attached hydrogen (secondary N) is 1. The van der Waals surface area contributed by atoms with Crippen LogP contribution in [0.4, 0.5) is 0 Å². The lowest BCUT2D eigenvalue weighted by Crippen LogP contribution is -2.36. The SMILES string of the molecule is CCCCc1noc(CN(CC)C2CCNC2)n1. The van der Waals surface area contributed by atoms with Crippen LogP contribution in [0.15, 0.2) is 4.52 Å². The fourth-order valence-corrected chi connectivity index (χ4v) is 2.41. The first-order valence-corrected chi connectivity index (χ1v) is 7.09. The third-order valence-corrected chi connectivity index (χ3v) is 3.56. The Morgan fingerprint density at radius 1 is 1.44 bits per heavy atom. The maximum atomic E-state index is 5.33. The molecule has 18 heavy (non-hydrogen) atoms. The maximum absolute atomic E-state index is 5.33. The molecule has 0 aliphatic carbocycles. The van der Waals surface area contributed by atoms with Crippen molar-refractivity contribution in [3.8, 4) is 0 Å². The molecule has 1 aromatic heterocycles. The van der Waals surface area contributed by atoms with Crippen LogP contribution in [0.2, 0.25) is 0 Å². The van der Waals surface area contributed by atoms with Crippen LogP contribution in [0.5, 0.6) is 0 Å². The summed E-state index contributed by atoms with van der Waals surface area (Å²) in [6.07, 6.45) is 4.43. The van der Waals surface area contributed by atoms with E-state index >= 15 is 0 Å². The van der Waals surface area contributed by atoms with Gasteiger partial charge in [-0.1, -0.05) is 25.4 Å². The first-order chi connectivity index (χ1) is 8.83. The number of aromatic nitrogens is 2. The molecule has 1 aliphatic rings. The molecule has 1 aromatic rings. The lowest BCUT2D eigenvalue weighted by Gasteiger charge is -2.24. The predicted molar refractivity (Wildman–Crippen MR) is 70.3 cm³/mol. The molecule has 5 nitrogen and oxygen atoms in total. The van der Waals surface area contributed by atoms with Crippen LogP contribution < -0.4 is 5.32 Å². The average Bonchev–Trinajstić information content (AvgIpc) is 3.04. The molecule has 0 amide bonds. The summed E-state index contributed by atoms with van der Waals surface area (Å²) < 4.78 is 5.33. The van der Waals surface area contributed by atoms with Gasteiger partial charge >= 0.3 is 0 Å². The minimum absolute atomic E-state index is 0.612. The van der Waals surface area contributed by atoms with E-state index < -0.39 is 0 Å². The van der Waals surface area contributed by atoms with Crippen LogP contribution >= 0.6 is 0 Å². The van der Waals surface area contributed by atoms with E-state index in [2.05, 4.69) is 34.2 Å². The van der Waals surface area contributed by atoms with Crippen molar-refractivity contribution in [3.63, 3.8) is 0 Å². The second-order valence-electron chi connectivity index (χ2n) is 4.92. The number of unbranched alkanes of at least 4 members (excludes halogenated alkanes) is 1. The zero-order valence-electron chi connectivity index (χ0n) is 11.5. The Morgan fingerprint density at radius 3 is 3.00 bits per heavy atom. The summed E-state index contributed by atoms with van der Waals surface area (Å²) in [4.78, 5) is 6.88. The van der Waals surface area contributed by atoms with Crippen molar-refractivity contribution in [1.82, 2.24) is 20.4 Å². The molecular formula is C13H24N4O. The van der Waals surface area contributed by atoms with E-state index in [1.165, 1.54) is 12.8 Å². The summed E-state index contributed by atoms with van der Waals surface area (Å²) in [6, 6.07) is 0.612. The van der Waals surface area contributed by atoms with E-state index in [9.17, 15) is 0 Å². The van der Waals surface area contributed by atoms with Crippen LogP contribution in [-0.4, -0.2) is 40.7 Å². The van der Waals surface area contributed by atoms with Gasteiger partial charge < -0.3 is 9.84 Å². The summed E-state index contributed by atoms with van der Waals surface area (Å²) in [5.41, 5.74) is 0. The molecule has 1 aliphatic heterocycles. The van der Waals surface area contributed by atoms with Crippen LogP contribution in [0.3, 0.4) is 0 Å². The van der Waals surface area contributed by atoms with Gasteiger partial charge in [0, 0.05) is 19.0 Å². The second kappa shape index (κ2) is 6.85. The monoisotopic (exact) mass is 252 g/mol. The molecule has 0 saturated carbocycles. The third kappa shape index (κ3) is 3.53. The van der Waals surface area contributed by atoms with E-state index in [1.807, 2.05) is 0 Å². The Balaban J connectivity index is 1.88. The normalized spacial score (nSPS) is 19.8. The topological polar surface area (TPSA) is 54.2 Å². The molecule has 2 rings (SSSR count). The molecule has 1 unspecified atom stereocenters. The molecule has 0 radical (unpaired) electrons. The molecule has 2 heterocycles. The first kappa shape index (κ1) is 13.5. The zero-order valence-corrected chi connectivity index (χ0v) is 11.5. The summed E-state index contributed by atoms with van der Waals surface area (Å²) in [6.45, 7) is 8.36. The molecular weight excluding hydrogens is 228 g/mol. The van der Waals surface area contributed by atoms with Gasteiger partial charge in [0.05, 0.1) is 6.54 Å². The number of hydrogen-bond acceptors (Lipinski definition) is 5. The number of likely N-dealkylation sites (N-methyl/N-ethyl adjacent to an activating group) is 1. The van der Waals surface area contributed by atoms with Gasteiger partial charge in [-0.2, -0.15) is 4.98 Å². The second-order valence-corrected chi connectivity index (χ2v) is 4.92. The largest absolute Gasteiger partial charge is 0.338 e. The third-order valence-electron chi connectivity index (χ3n) is 3.56. The van der Waals surface area contributed by atoms with Crippen molar-refractivity contribution in [2.75, 3.05) is 19.6 Å². The van der Waals surface area contributed by atoms with E-state index in [0.29, 0.717) is 6.04 Å². The summed E-state index contributed by atoms with van der Waals surface area (Å²) in [5, 5.41) is 7.44. The quantitative estimate of drug-likeness (QED) is 0.798. The van der Waals surface area contributed by atoms with Crippen molar-refractivity contribution >= 4 is 0 Å². The number of nitrogens with zero attached hydrogens (tertiary/aromatic N) is 3. The summed E-state index contributed by atoms with van der Waals surface area (Å²) in [5.74, 6) is 1.61. The van der Waals surface area contributed by atoms with Gasteiger partial charge in [0.2, 0.25) is 5.89 Å².